The molecule has 1 saturated heterocycles. The van der Waals surface area contributed by atoms with Crippen LogP contribution in [0.3, 0.4) is 0 Å². The van der Waals surface area contributed by atoms with E-state index in [1.165, 1.54) is 13.4 Å². The second-order valence-corrected chi connectivity index (χ2v) is 7.25. The minimum Gasteiger partial charge on any atom is -0.472 e. The van der Waals surface area contributed by atoms with E-state index in [4.69, 9.17) is 18.9 Å². The van der Waals surface area contributed by atoms with Crippen LogP contribution in [0.4, 0.5) is 0 Å². The molecule has 2 aliphatic heterocycles. The van der Waals surface area contributed by atoms with Crippen molar-refractivity contribution in [3.63, 3.8) is 0 Å². The SMILES string of the molecule is COC(=O)C1=CO[C@@H](OC2O[C@H](CO)[C@@H](O)[C@H](O)[C@H]2O)[C@@H]2[C@H](C)[C@@H](O)C[C@H]12. The van der Waals surface area contributed by atoms with Gasteiger partial charge in [0.15, 0.2) is 6.29 Å². The first-order chi connectivity index (χ1) is 12.8. The lowest BCUT2D eigenvalue weighted by atomic mass is 9.83. The van der Waals surface area contributed by atoms with Crippen molar-refractivity contribution in [3.8, 4) is 0 Å². The number of carbonyl (C=O) groups excluding carboxylic acids is 1. The van der Waals surface area contributed by atoms with E-state index in [2.05, 4.69) is 0 Å². The minimum atomic E-state index is -1.58. The molecule has 0 aromatic carbocycles. The Labute approximate surface area is 155 Å². The summed E-state index contributed by atoms with van der Waals surface area (Å²) in [6.07, 6.45) is -7.25. The summed E-state index contributed by atoms with van der Waals surface area (Å²) in [6.45, 7) is 1.21. The van der Waals surface area contributed by atoms with Crippen molar-refractivity contribution in [1.82, 2.24) is 0 Å². The summed E-state index contributed by atoms with van der Waals surface area (Å²) in [7, 11) is 1.25. The first kappa shape index (κ1) is 20.5. The largest absolute Gasteiger partial charge is 0.472 e. The van der Waals surface area contributed by atoms with Crippen LogP contribution in [-0.4, -0.2) is 88.3 Å². The van der Waals surface area contributed by atoms with Crippen molar-refractivity contribution in [1.29, 1.82) is 0 Å². The second kappa shape index (κ2) is 8.00. The van der Waals surface area contributed by atoms with E-state index in [0.29, 0.717) is 12.0 Å². The van der Waals surface area contributed by atoms with Gasteiger partial charge in [-0.1, -0.05) is 6.92 Å². The molecule has 3 rings (SSSR count). The van der Waals surface area contributed by atoms with Gasteiger partial charge in [0.25, 0.3) is 0 Å². The topological polar surface area (TPSA) is 155 Å². The van der Waals surface area contributed by atoms with Gasteiger partial charge in [-0.05, 0) is 12.3 Å². The molecule has 3 aliphatic rings. The fourth-order valence-corrected chi connectivity index (χ4v) is 4.10. The Balaban J connectivity index is 1.80. The molecule has 27 heavy (non-hydrogen) atoms. The van der Waals surface area contributed by atoms with Crippen molar-refractivity contribution < 1.29 is 49.3 Å². The zero-order chi connectivity index (χ0) is 19.9. The third kappa shape index (κ3) is 3.58. The Morgan fingerprint density at radius 2 is 1.89 bits per heavy atom. The van der Waals surface area contributed by atoms with Crippen LogP contribution in [-0.2, 0) is 23.7 Å². The van der Waals surface area contributed by atoms with Crippen LogP contribution >= 0.6 is 0 Å². The lowest BCUT2D eigenvalue weighted by molar-refractivity contribution is -0.342. The molecular weight excluding hydrogens is 364 g/mol. The van der Waals surface area contributed by atoms with E-state index in [1.54, 1.807) is 6.92 Å². The van der Waals surface area contributed by atoms with Gasteiger partial charge in [0.1, 0.15) is 24.4 Å². The van der Waals surface area contributed by atoms with Crippen LogP contribution in [0.25, 0.3) is 0 Å². The van der Waals surface area contributed by atoms with Crippen LogP contribution in [0.15, 0.2) is 11.8 Å². The average molecular weight is 390 g/mol. The van der Waals surface area contributed by atoms with E-state index in [0.717, 1.165) is 0 Å². The summed E-state index contributed by atoms with van der Waals surface area (Å²) in [5.74, 6) is -1.63. The maximum atomic E-state index is 12.0. The summed E-state index contributed by atoms with van der Waals surface area (Å²) >= 11 is 0. The molecule has 2 fully saturated rings. The van der Waals surface area contributed by atoms with E-state index >= 15 is 0 Å². The van der Waals surface area contributed by atoms with Gasteiger partial charge < -0.3 is 44.5 Å². The Hall–Kier alpha value is -1.27. The second-order valence-electron chi connectivity index (χ2n) is 7.25. The summed E-state index contributed by atoms with van der Waals surface area (Å²) in [5.41, 5.74) is 0.291. The molecule has 2 heterocycles. The molecule has 0 bridgehead atoms. The van der Waals surface area contributed by atoms with Crippen molar-refractivity contribution >= 4 is 5.97 Å². The van der Waals surface area contributed by atoms with Gasteiger partial charge in [-0.15, -0.1) is 0 Å². The lowest BCUT2D eigenvalue weighted by Gasteiger charge is -2.43. The highest BCUT2D eigenvalue weighted by Crippen LogP contribution is 2.47. The van der Waals surface area contributed by atoms with Crippen LogP contribution < -0.4 is 0 Å². The monoisotopic (exact) mass is 390 g/mol. The van der Waals surface area contributed by atoms with Crippen LogP contribution in [0.1, 0.15) is 13.3 Å². The molecule has 1 saturated carbocycles. The van der Waals surface area contributed by atoms with E-state index in [9.17, 15) is 30.3 Å². The predicted octanol–water partition coefficient (Wildman–Crippen LogP) is -2.15. The fourth-order valence-electron chi connectivity index (χ4n) is 4.10. The molecule has 10 atom stereocenters. The van der Waals surface area contributed by atoms with E-state index in [1.807, 2.05) is 0 Å². The zero-order valence-electron chi connectivity index (χ0n) is 15.0. The standard InChI is InChI=1S/C17H26O10/c1-6-9(19)3-7-8(15(23)24-2)5-25-16(11(6)7)27-17-14(22)13(21)12(20)10(4-18)26-17/h5-7,9-14,16-22H,3-4H2,1-2H3/t6-,7-,9+,10-,11-,12-,13+,14-,16+,17?/m1/s1. The van der Waals surface area contributed by atoms with Crippen molar-refractivity contribution in [3.05, 3.63) is 11.8 Å². The van der Waals surface area contributed by atoms with Crippen LogP contribution in [0, 0.1) is 17.8 Å². The molecule has 154 valence electrons. The Bertz CT molecular complexity index is 578. The molecule has 0 aromatic heterocycles. The molecule has 1 unspecified atom stereocenters. The molecule has 0 aromatic rings. The van der Waals surface area contributed by atoms with Gasteiger partial charge in [-0.2, -0.15) is 0 Å². The minimum absolute atomic E-state index is 0.279. The number of fused-ring (bicyclic) bond motifs is 1. The summed E-state index contributed by atoms with van der Waals surface area (Å²) < 4.78 is 21.4. The first-order valence-corrected chi connectivity index (χ1v) is 8.88. The molecule has 10 nitrogen and oxygen atoms in total. The normalized spacial score (nSPS) is 47.0. The van der Waals surface area contributed by atoms with Crippen molar-refractivity contribution in [2.45, 2.75) is 56.4 Å². The van der Waals surface area contributed by atoms with Gasteiger partial charge in [0.05, 0.1) is 31.7 Å². The predicted molar refractivity (Wildman–Crippen MR) is 86.6 cm³/mol. The van der Waals surface area contributed by atoms with Gasteiger partial charge >= 0.3 is 5.97 Å². The van der Waals surface area contributed by atoms with Crippen LogP contribution in [0.5, 0.6) is 0 Å². The maximum absolute atomic E-state index is 12.0. The number of methoxy groups -OCH3 is 1. The number of rotatable bonds is 4. The third-order valence-corrected chi connectivity index (χ3v) is 5.75. The quantitative estimate of drug-likeness (QED) is 0.336. The summed E-state index contributed by atoms with van der Waals surface area (Å²) in [4.78, 5) is 12.0. The lowest BCUT2D eigenvalue weighted by Crippen LogP contribution is -2.60. The zero-order valence-corrected chi connectivity index (χ0v) is 15.0. The van der Waals surface area contributed by atoms with E-state index < -0.39 is 61.6 Å². The van der Waals surface area contributed by atoms with Gasteiger partial charge in [0.2, 0.25) is 6.29 Å². The number of aliphatic hydroxyl groups excluding tert-OH is 5. The molecule has 10 heteroatoms. The highest BCUT2D eigenvalue weighted by molar-refractivity contribution is 5.89. The maximum Gasteiger partial charge on any atom is 0.337 e. The van der Waals surface area contributed by atoms with E-state index in [-0.39, 0.29) is 11.8 Å². The molecule has 0 radical (unpaired) electrons. The number of carbonyl (C=O) groups is 1. The average Bonchev–Trinajstić information content (AvgIpc) is 2.96. The number of esters is 1. The molecule has 5 N–H and O–H groups in total. The first-order valence-electron chi connectivity index (χ1n) is 8.88. The number of hydrogen-bond acceptors (Lipinski definition) is 10. The van der Waals surface area contributed by atoms with Gasteiger partial charge in [-0.25, -0.2) is 4.79 Å². The molecular formula is C17H26O10. The molecule has 0 amide bonds. The number of aliphatic hydroxyl groups is 5. The molecule has 1 aliphatic carbocycles. The number of ether oxygens (including phenoxy) is 4. The highest BCUT2D eigenvalue weighted by atomic mass is 16.8. The highest BCUT2D eigenvalue weighted by Gasteiger charge is 2.53. The van der Waals surface area contributed by atoms with Crippen molar-refractivity contribution in [2.24, 2.45) is 17.8 Å². The molecule has 0 spiro atoms. The Morgan fingerprint density at radius 1 is 1.19 bits per heavy atom. The summed E-state index contributed by atoms with van der Waals surface area (Å²) in [6, 6.07) is 0. The Kier molecular flexibility index (Phi) is 6.06. The van der Waals surface area contributed by atoms with Gasteiger partial charge in [-0.3, -0.25) is 0 Å². The fraction of sp³-hybridized carbons (Fsp3) is 0.824. The van der Waals surface area contributed by atoms with Gasteiger partial charge in [0, 0.05) is 11.8 Å². The van der Waals surface area contributed by atoms with Crippen LogP contribution in [0.2, 0.25) is 0 Å². The smallest absolute Gasteiger partial charge is 0.337 e. The summed E-state index contributed by atoms with van der Waals surface area (Å²) in [5, 5.41) is 49.4. The Morgan fingerprint density at radius 3 is 2.52 bits per heavy atom. The third-order valence-electron chi connectivity index (χ3n) is 5.75. The number of hydrogen-bond donors (Lipinski definition) is 5. The van der Waals surface area contributed by atoms with Crippen molar-refractivity contribution in [2.75, 3.05) is 13.7 Å².